The molecule has 9 nitrogen and oxygen atoms in total. The van der Waals surface area contributed by atoms with Crippen molar-refractivity contribution in [2.45, 2.75) is 31.8 Å². The first-order chi connectivity index (χ1) is 13.7. The van der Waals surface area contributed by atoms with Crippen molar-refractivity contribution in [1.29, 1.82) is 0 Å². The van der Waals surface area contributed by atoms with E-state index in [1.54, 1.807) is 40.1 Å². The van der Waals surface area contributed by atoms with E-state index in [-0.39, 0.29) is 24.1 Å². The maximum absolute atomic E-state index is 12.3. The van der Waals surface area contributed by atoms with Gasteiger partial charge in [0.2, 0.25) is 5.91 Å². The Morgan fingerprint density at radius 2 is 2.07 bits per heavy atom. The second kappa shape index (κ2) is 8.66. The minimum atomic E-state index is -0.101. The fourth-order valence-corrected chi connectivity index (χ4v) is 3.92. The second-order valence-electron chi connectivity index (χ2n) is 7.30. The number of likely N-dealkylation sites (tertiary alicyclic amines) is 1. The van der Waals surface area contributed by atoms with Crippen molar-refractivity contribution in [3.63, 3.8) is 0 Å². The van der Waals surface area contributed by atoms with Crippen molar-refractivity contribution >= 4 is 5.91 Å². The van der Waals surface area contributed by atoms with Crippen LogP contribution in [-0.2, 0) is 16.1 Å². The maximum Gasteiger partial charge on any atom is 0.266 e. The predicted octanol–water partition coefficient (Wildman–Crippen LogP) is 0.142. The fraction of sp³-hybridized carbons (Fsp3) is 0.579. The van der Waals surface area contributed by atoms with Gasteiger partial charge in [0.05, 0.1) is 6.54 Å². The number of aromatic nitrogens is 4. The van der Waals surface area contributed by atoms with Crippen molar-refractivity contribution in [1.82, 2.24) is 29.1 Å². The van der Waals surface area contributed by atoms with Crippen LogP contribution in [0.3, 0.4) is 0 Å². The van der Waals surface area contributed by atoms with Crippen LogP contribution in [0, 0.1) is 0 Å². The lowest BCUT2D eigenvalue weighted by atomic mass is 10.2. The zero-order chi connectivity index (χ0) is 19.3. The molecule has 0 saturated carbocycles. The molecular formula is C19H26N6O3. The smallest absolute Gasteiger partial charge is 0.266 e. The highest BCUT2D eigenvalue weighted by atomic mass is 16.5. The molecule has 150 valence electrons. The van der Waals surface area contributed by atoms with Gasteiger partial charge in [-0.05, 0) is 31.9 Å². The van der Waals surface area contributed by atoms with Crippen molar-refractivity contribution in [2.24, 2.45) is 0 Å². The molecule has 2 aliphatic rings. The third-order valence-corrected chi connectivity index (χ3v) is 5.46. The maximum atomic E-state index is 12.3. The summed E-state index contributed by atoms with van der Waals surface area (Å²) in [4.78, 5) is 32.7. The SMILES string of the molecule is O=C1COCCCN1CCN1CCCC1Cn1nc(-n2ccnc2)ccc1=O. The molecule has 0 aromatic carbocycles. The highest BCUT2D eigenvalue weighted by Gasteiger charge is 2.27. The van der Waals surface area contributed by atoms with Crippen molar-refractivity contribution < 1.29 is 9.53 Å². The van der Waals surface area contributed by atoms with E-state index in [4.69, 9.17) is 4.74 Å². The van der Waals surface area contributed by atoms with E-state index in [2.05, 4.69) is 15.0 Å². The molecule has 1 amide bonds. The number of amides is 1. The first kappa shape index (κ1) is 18.8. The van der Waals surface area contributed by atoms with Gasteiger partial charge in [0.1, 0.15) is 12.9 Å². The summed E-state index contributed by atoms with van der Waals surface area (Å²) in [6.07, 6.45) is 8.17. The fourth-order valence-electron chi connectivity index (χ4n) is 3.92. The Hall–Kier alpha value is -2.52. The average Bonchev–Trinajstić information content (AvgIpc) is 3.34. The average molecular weight is 386 g/mol. The van der Waals surface area contributed by atoms with Crippen molar-refractivity contribution in [3.8, 4) is 5.82 Å². The largest absolute Gasteiger partial charge is 0.372 e. The van der Waals surface area contributed by atoms with E-state index >= 15 is 0 Å². The molecule has 0 bridgehead atoms. The Morgan fingerprint density at radius 3 is 2.93 bits per heavy atom. The van der Waals surface area contributed by atoms with Crippen molar-refractivity contribution in [2.75, 3.05) is 39.4 Å². The zero-order valence-corrected chi connectivity index (χ0v) is 15.9. The highest BCUT2D eigenvalue weighted by Crippen LogP contribution is 2.18. The monoisotopic (exact) mass is 386 g/mol. The minimum absolute atomic E-state index is 0.0687. The van der Waals surface area contributed by atoms with Crippen LogP contribution in [0.15, 0.2) is 35.6 Å². The molecule has 28 heavy (non-hydrogen) atoms. The second-order valence-corrected chi connectivity index (χ2v) is 7.30. The lowest BCUT2D eigenvalue weighted by Crippen LogP contribution is -2.43. The summed E-state index contributed by atoms with van der Waals surface area (Å²) in [5.74, 6) is 0.746. The first-order valence-electron chi connectivity index (χ1n) is 9.87. The molecule has 0 radical (unpaired) electrons. The van der Waals surface area contributed by atoms with Gasteiger partial charge in [-0.3, -0.25) is 19.1 Å². The molecule has 2 fully saturated rings. The van der Waals surface area contributed by atoms with Crippen LogP contribution >= 0.6 is 0 Å². The number of carbonyl (C=O) groups excluding carboxylic acids is 1. The first-order valence-corrected chi connectivity index (χ1v) is 9.87. The summed E-state index contributed by atoms with van der Waals surface area (Å²) in [6, 6.07) is 3.51. The van der Waals surface area contributed by atoms with Gasteiger partial charge in [0.15, 0.2) is 5.82 Å². The molecular weight excluding hydrogens is 360 g/mol. The van der Waals surface area contributed by atoms with E-state index in [1.165, 1.54) is 0 Å². The summed E-state index contributed by atoms with van der Waals surface area (Å²) < 4.78 is 8.64. The Balaban J connectivity index is 1.41. The standard InChI is InChI=1S/C19H26N6O3/c26-18-5-4-17(24-9-6-20-15-24)21-25(18)13-16-3-1-7-22(16)10-11-23-8-2-12-28-14-19(23)27/h4-6,9,15-16H,1-3,7-8,10-14H2. The van der Waals surface area contributed by atoms with E-state index in [1.807, 2.05) is 4.90 Å². The predicted molar refractivity (Wildman–Crippen MR) is 102 cm³/mol. The van der Waals surface area contributed by atoms with E-state index < -0.39 is 0 Å². The van der Waals surface area contributed by atoms with Gasteiger partial charge in [0.25, 0.3) is 5.56 Å². The van der Waals surface area contributed by atoms with Crippen LogP contribution in [0.2, 0.25) is 0 Å². The van der Waals surface area contributed by atoms with Crippen molar-refractivity contribution in [3.05, 3.63) is 41.2 Å². The van der Waals surface area contributed by atoms with Gasteiger partial charge in [-0.1, -0.05) is 0 Å². The quantitative estimate of drug-likeness (QED) is 0.702. The number of imidazole rings is 1. The molecule has 0 spiro atoms. The molecule has 2 aromatic heterocycles. The third kappa shape index (κ3) is 4.31. The Kier molecular flexibility index (Phi) is 5.82. The summed E-state index contributed by atoms with van der Waals surface area (Å²) in [7, 11) is 0. The molecule has 1 unspecified atom stereocenters. The molecule has 1 atom stereocenters. The van der Waals surface area contributed by atoms with Crippen LogP contribution in [0.25, 0.3) is 5.82 Å². The summed E-state index contributed by atoms with van der Waals surface area (Å²) >= 11 is 0. The number of ether oxygens (including phenoxy) is 1. The molecule has 4 heterocycles. The van der Waals surface area contributed by atoms with Gasteiger partial charge < -0.3 is 9.64 Å². The molecule has 2 saturated heterocycles. The topological polar surface area (TPSA) is 85.5 Å². The molecule has 2 aromatic rings. The molecule has 9 heteroatoms. The van der Waals surface area contributed by atoms with Gasteiger partial charge in [-0.25, -0.2) is 9.67 Å². The lowest BCUT2D eigenvalue weighted by Gasteiger charge is -2.28. The molecule has 0 aliphatic carbocycles. The normalized spacial score (nSPS) is 21.2. The molecule has 2 aliphatic heterocycles. The minimum Gasteiger partial charge on any atom is -0.372 e. The summed E-state index contributed by atoms with van der Waals surface area (Å²) in [5.41, 5.74) is -0.101. The van der Waals surface area contributed by atoms with Gasteiger partial charge in [0, 0.05) is 50.7 Å². The van der Waals surface area contributed by atoms with Gasteiger partial charge in [-0.15, -0.1) is 0 Å². The van der Waals surface area contributed by atoms with Gasteiger partial charge >= 0.3 is 0 Å². The number of nitrogens with zero attached hydrogens (tertiary/aromatic N) is 6. The summed E-state index contributed by atoms with van der Waals surface area (Å²) in [6.45, 7) is 4.64. The molecule has 4 rings (SSSR count). The number of hydrogen-bond donors (Lipinski definition) is 0. The third-order valence-electron chi connectivity index (χ3n) is 5.46. The Labute approximate surface area is 163 Å². The lowest BCUT2D eigenvalue weighted by molar-refractivity contribution is -0.134. The zero-order valence-electron chi connectivity index (χ0n) is 15.9. The van der Waals surface area contributed by atoms with Crippen LogP contribution < -0.4 is 5.56 Å². The van der Waals surface area contributed by atoms with Crippen LogP contribution in [0.4, 0.5) is 0 Å². The highest BCUT2D eigenvalue weighted by molar-refractivity contribution is 5.77. The Bertz CT molecular complexity index is 850. The van der Waals surface area contributed by atoms with Crippen LogP contribution in [0.5, 0.6) is 0 Å². The van der Waals surface area contributed by atoms with E-state index in [9.17, 15) is 9.59 Å². The van der Waals surface area contributed by atoms with Gasteiger partial charge in [-0.2, -0.15) is 5.10 Å². The van der Waals surface area contributed by atoms with E-state index in [0.717, 1.165) is 38.9 Å². The van der Waals surface area contributed by atoms with E-state index in [0.29, 0.717) is 25.5 Å². The number of rotatable bonds is 6. The van der Waals surface area contributed by atoms with Crippen LogP contribution in [0.1, 0.15) is 19.3 Å². The van der Waals surface area contributed by atoms with Crippen LogP contribution in [-0.4, -0.2) is 80.5 Å². The Morgan fingerprint density at radius 1 is 1.14 bits per heavy atom. The summed E-state index contributed by atoms with van der Waals surface area (Å²) in [5, 5.41) is 4.51. The number of hydrogen-bond acceptors (Lipinski definition) is 6. The molecule has 0 N–H and O–H groups in total. The number of carbonyl (C=O) groups is 1.